The maximum Gasteiger partial charge on any atom is 0.244 e. The number of halogens is 2. The predicted octanol–water partition coefficient (Wildman–Crippen LogP) is 3.01. The predicted molar refractivity (Wildman–Crippen MR) is 78.1 cm³/mol. The first kappa shape index (κ1) is 16.4. The Morgan fingerprint density at radius 2 is 1.64 bits per heavy atom. The summed E-state index contributed by atoms with van der Waals surface area (Å²) in [4.78, 5) is -0.288. The Morgan fingerprint density at radius 3 is 2.23 bits per heavy atom. The van der Waals surface area contributed by atoms with Crippen molar-refractivity contribution in [2.75, 3.05) is 7.11 Å². The largest absolute Gasteiger partial charge is 0.495 e. The minimum Gasteiger partial charge on any atom is -0.495 e. The molecular formula is C15H15F2NO3S. The number of ether oxygens (including phenoxy) is 1. The summed E-state index contributed by atoms with van der Waals surface area (Å²) in [6.45, 7) is 1.61. The van der Waals surface area contributed by atoms with Crippen LogP contribution in [0.5, 0.6) is 5.75 Å². The van der Waals surface area contributed by atoms with Gasteiger partial charge in [0.15, 0.2) is 0 Å². The molecule has 1 atom stereocenters. The molecule has 0 spiro atoms. The van der Waals surface area contributed by atoms with E-state index >= 15 is 0 Å². The minimum absolute atomic E-state index is 0.0419. The molecular weight excluding hydrogens is 312 g/mol. The average Bonchev–Trinajstić information content (AvgIpc) is 2.47. The maximum atomic E-state index is 13.3. The average molecular weight is 327 g/mol. The Hall–Kier alpha value is -1.99. The molecule has 0 radical (unpaired) electrons. The van der Waals surface area contributed by atoms with Crippen LogP contribution in [0, 0.1) is 11.6 Å². The van der Waals surface area contributed by atoms with E-state index in [1.54, 1.807) is 6.92 Å². The summed E-state index contributed by atoms with van der Waals surface area (Å²) >= 11 is 0. The zero-order valence-corrected chi connectivity index (χ0v) is 12.8. The summed E-state index contributed by atoms with van der Waals surface area (Å²) in [6.07, 6.45) is 0. The van der Waals surface area contributed by atoms with Gasteiger partial charge in [0.2, 0.25) is 10.0 Å². The van der Waals surface area contributed by atoms with Crippen LogP contribution in [-0.2, 0) is 10.0 Å². The molecule has 118 valence electrons. The van der Waals surface area contributed by atoms with Crippen LogP contribution in [-0.4, -0.2) is 15.5 Å². The van der Waals surface area contributed by atoms with Crippen LogP contribution in [0.1, 0.15) is 18.5 Å². The van der Waals surface area contributed by atoms with Crippen LogP contribution < -0.4 is 9.46 Å². The van der Waals surface area contributed by atoms with Gasteiger partial charge in [-0.15, -0.1) is 0 Å². The summed E-state index contributed by atoms with van der Waals surface area (Å²) in [5.74, 6) is -1.05. The first-order valence-corrected chi connectivity index (χ1v) is 7.93. The zero-order valence-electron chi connectivity index (χ0n) is 12.0. The Kier molecular flexibility index (Phi) is 4.77. The summed E-state index contributed by atoms with van der Waals surface area (Å²) < 4.78 is 58.4. The molecule has 0 heterocycles. The normalized spacial score (nSPS) is 12.9. The van der Waals surface area contributed by atoms with Crippen molar-refractivity contribution in [3.05, 3.63) is 59.7 Å². The second kappa shape index (κ2) is 6.41. The molecule has 0 aliphatic rings. The quantitative estimate of drug-likeness (QED) is 0.918. The Labute approximate surface area is 127 Å². The lowest BCUT2D eigenvalue weighted by molar-refractivity contribution is 0.400. The third kappa shape index (κ3) is 3.61. The lowest BCUT2D eigenvalue weighted by atomic mass is 10.1. The van der Waals surface area contributed by atoms with Gasteiger partial charge in [0.05, 0.1) is 7.11 Å². The number of benzene rings is 2. The van der Waals surface area contributed by atoms with Crippen LogP contribution >= 0.6 is 0 Å². The number of hydrogen-bond donors (Lipinski definition) is 1. The molecule has 2 rings (SSSR count). The smallest absolute Gasteiger partial charge is 0.244 e. The Morgan fingerprint density at radius 1 is 1.05 bits per heavy atom. The monoisotopic (exact) mass is 327 g/mol. The van der Waals surface area contributed by atoms with E-state index in [4.69, 9.17) is 4.74 Å². The standard InChI is InChI=1S/C15H15F2NO3S/c1-10(11-3-5-12(16)6-4-11)18-22(19,20)15-9-13(17)7-8-14(15)21-2/h3-10,18H,1-2H3/t10-/m1/s1. The highest BCUT2D eigenvalue weighted by Gasteiger charge is 2.23. The van der Waals surface area contributed by atoms with Gasteiger partial charge < -0.3 is 4.74 Å². The van der Waals surface area contributed by atoms with Crippen molar-refractivity contribution >= 4 is 10.0 Å². The molecule has 0 saturated heterocycles. The van der Waals surface area contributed by atoms with Crippen molar-refractivity contribution in [3.8, 4) is 5.75 Å². The molecule has 0 unspecified atom stereocenters. The summed E-state index contributed by atoms with van der Waals surface area (Å²) in [5, 5.41) is 0. The number of rotatable bonds is 5. The maximum absolute atomic E-state index is 13.3. The number of nitrogens with one attached hydrogen (secondary N) is 1. The van der Waals surface area contributed by atoms with E-state index in [9.17, 15) is 17.2 Å². The number of methoxy groups -OCH3 is 1. The van der Waals surface area contributed by atoms with Crippen molar-refractivity contribution in [2.45, 2.75) is 17.9 Å². The van der Waals surface area contributed by atoms with Gasteiger partial charge in [-0.2, -0.15) is 0 Å². The summed E-state index contributed by atoms with van der Waals surface area (Å²) in [6, 6.07) is 8.06. The molecule has 0 aliphatic carbocycles. The fourth-order valence-corrected chi connectivity index (χ4v) is 3.39. The minimum atomic E-state index is -3.99. The van der Waals surface area contributed by atoms with E-state index in [1.807, 2.05) is 0 Å². The zero-order chi connectivity index (χ0) is 16.3. The number of hydrogen-bond acceptors (Lipinski definition) is 3. The molecule has 0 amide bonds. The molecule has 2 aromatic rings. The van der Waals surface area contributed by atoms with Gasteiger partial charge in [0, 0.05) is 6.04 Å². The fourth-order valence-electron chi connectivity index (χ4n) is 1.98. The lowest BCUT2D eigenvalue weighted by Gasteiger charge is -2.16. The SMILES string of the molecule is COc1ccc(F)cc1S(=O)(=O)N[C@H](C)c1ccc(F)cc1. The third-order valence-electron chi connectivity index (χ3n) is 3.12. The highest BCUT2D eigenvalue weighted by atomic mass is 32.2. The number of sulfonamides is 1. The van der Waals surface area contributed by atoms with Crippen LogP contribution in [0.15, 0.2) is 47.4 Å². The van der Waals surface area contributed by atoms with E-state index in [1.165, 1.54) is 37.4 Å². The highest BCUT2D eigenvalue weighted by molar-refractivity contribution is 7.89. The second-order valence-electron chi connectivity index (χ2n) is 4.69. The molecule has 0 fully saturated rings. The van der Waals surface area contributed by atoms with Gasteiger partial charge in [-0.25, -0.2) is 21.9 Å². The second-order valence-corrected chi connectivity index (χ2v) is 6.37. The Balaban J connectivity index is 2.31. The fraction of sp³-hybridized carbons (Fsp3) is 0.200. The van der Waals surface area contributed by atoms with Gasteiger partial charge in [0.25, 0.3) is 0 Å². The lowest BCUT2D eigenvalue weighted by Crippen LogP contribution is -2.27. The van der Waals surface area contributed by atoms with E-state index in [-0.39, 0.29) is 10.6 Å². The highest BCUT2D eigenvalue weighted by Crippen LogP contribution is 2.26. The Bertz CT molecular complexity index is 761. The first-order valence-electron chi connectivity index (χ1n) is 6.45. The molecule has 2 aromatic carbocycles. The molecule has 22 heavy (non-hydrogen) atoms. The van der Waals surface area contributed by atoms with Crippen molar-refractivity contribution < 1.29 is 21.9 Å². The molecule has 0 aliphatic heterocycles. The third-order valence-corrected chi connectivity index (χ3v) is 4.68. The van der Waals surface area contributed by atoms with Crippen molar-refractivity contribution in [2.24, 2.45) is 0 Å². The van der Waals surface area contributed by atoms with E-state index in [0.29, 0.717) is 5.56 Å². The molecule has 7 heteroatoms. The van der Waals surface area contributed by atoms with Crippen molar-refractivity contribution in [3.63, 3.8) is 0 Å². The van der Waals surface area contributed by atoms with Gasteiger partial charge in [0.1, 0.15) is 22.3 Å². The van der Waals surface area contributed by atoms with Crippen molar-refractivity contribution in [1.82, 2.24) is 4.72 Å². The van der Waals surface area contributed by atoms with Gasteiger partial charge in [-0.05, 0) is 42.8 Å². The van der Waals surface area contributed by atoms with Gasteiger partial charge >= 0.3 is 0 Å². The topological polar surface area (TPSA) is 55.4 Å². The molecule has 4 nitrogen and oxygen atoms in total. The van der Waals surface area contributed by atoms with Gasteiger partial charge in [-0.1, -0.05) is 12.1 Å². The first-order chi connectivity index (χ1) is 10.3. The molecule has 1 N–H and O–H groups in total. The van der Waals surface area contributed by atoms with Crippen LogP contribution in [0.25, 0.3) is 0 Å². The van der Waals surface area contributed by atoms with E-state index in [0.717, 1.165) is 12.1 Å². The molecule has 0 aromatic heterocycles. The molecule has 0 bridgehead atoms. The molecule has 0 saturated carbocycles. The van der Waals surface area contributed by atoms with Crippen molar-refractivity contribution in [1.29, 1.82) is 0 Å². The van der Waals surface area contributed by atoms with Crippen LogP contribution in [0.4, 0.5) is 8.78 Å². The summed E-state index contributed by atoms with van der Waals surface area (Å²) in [5.41, 5.74) is 0.584. The van der Waals surface area contributed by atoms with Gasteiger partial charge in [-0.3, -0.25) is 0 Å². The van der Waals surface area contributed by atoms with Crippen LogP contribution in [0.2, 0.25) is 0 Å². The van der Waals surface area contributed by atoms with Crippen LogP contribution in [0.3, 0.4) is 0 Å². The van der Waals surface area contributed by atoms with E-state index < -0.39 is 27.7 Å². The summed E-state index contributed by atoms with van der Waals surface area (Å²) in [7, 11) is -2.69. The van der Waals surface area contributed by atoms with E-state index in [2.05, 4.69) is 4.72 Å².